The summed E-state index contributed by atoms with van der Waals surface area (Å²) in [5, 5.41) is 8.89. The van der Waals surface area contributed by atoms with Crippen LogP contribution >= 0.6 is 0 Å². The lowest BCUT2D eigenvalue weighted by molar-refractivity contribution is 0.244. The number of oxazole rings is 1. The van der Waals surface area contributed by atoms with E-state index < -0.39 is 0 Å². The van der Waals surface area contributed by atoms with Crippen LogP contribution in [0.25, 0.3) is 11.1 Å². The van der Waals surface area contributed by atoms with Gasteiger partial charge < -0.3 is 14.4 Å². The smallest absolute Gasteiger partial charge is 0.221 e. The number of aliphatic hydroxyl groups is 1. The molecule has 0 aliphatic heterocycles. The predicted molar refractivity (Wildman–Crippen MR) is 57.3 cm³/mol. The lowest BCUT2D eigenvalue weighted by atomic mass is 10.2. The topological polar surface area (TPSA) is 49.5 Å². The fraction of sp³-hybridized carbons (Fsp3) is 0.364. The summed E-state index contributed by atoms with van der Waals surface area (Å²) in [5.41, 5.74) is 2.71. The van der Waals surface area contributed by atoms with Crippen LogP contribution in [-0.4, -0.2) is 29.1 Å². The molecule has 80 valence electrons. The molecule has 1 heterocycles. The number of nitrogens with zero attached hydrogens (tertiary/aromatic N) is 2. The van der Waals surface area contributed by atoms with E-state index in [0.29, 0.717) is 5.89 Å². The second kappa shape index (κ2) is 4.00. The zero-order valence-electron chi connectivity index (χ0n) is 8.90. The molecule has 0 atom stereocenters. The van der Waals surface area contributed by atoms with Gasteiger partial charge in [-0.25, -0.2) is 4.98 Å². The van der Waals surface area contributed by atoms with E-state index in [1.54, 1.807) is 0 Å². The van der Waals surface area contributed by atoms with Crippen molar-refractivity contribution in [3.05, 3.63) is 29.7 Å². The average molecular weight is 206 g/mol. The number of rotatable bonds is 3. The van der Waals surface area contributed by atoms with Crippen LogP contribution in [0.3, 0.4) is 0 Å². The highest BCUT2D eigenvalue weighted by atomic mass is 16.4. The van der Waals surface area contributed by atoms with Gasteiger partial charge in [0.15, 0.2) is 5.58 Å². The third kappa shape index (κ3) is 2.16. The summed E-state index contributed by atoms with van der Waals surface area (Å²) < 4.78 is 5.30. The summed E-state index contributed by atoms with van der Waals surface area (Å²) in [6.07, 6.45) is 0. The molecule has 4 heteroatoms. The highest BCUT2D eigenvalue weighted by Gasteiger charge is 2.05. The van der Waals surface area contributed by atoms with Crippen LogP contribution in [0.5, 0.6) is 0 Å². The first kappa shape index (κ1) is 10.1. The SMILES string of the molecule is CN(C)Cc1ccc2oc(CO)nc2c1. The summed E-state index contributed by atoms with van der Waals surface area (Å²) in [7, 11) is 4.04. The van der Waals surface area contributed by atoms with Crippen molar-refractivity contribution in [3.63, 3.8) is 0 Å². The third-order valence-corrected chi connectivity index (χ3v) is 2.13. The van der Waals surface area contributed by atoms with Crippen molar-refractivity contribution in [2.75, 3.05) is 14.1 Å². The maximum atomic E-state index is 8.89. The van der Waals surface area contributed by atoms with E-state index in [1.165, 1.54) is 5.56 Å². The fourth-order valence-electron chi connectivity index (χ4n) is 1.55. The van der Waals surface area contributed by atoms with Crippen molar-refractivity contribution < 1.29 is 9.52 Å². The standard InChI is InChI=1S/C11H14N2O2/c1-13(2)6-8-3-4-10-9(5-8)12-11(7-14)15-10/h3-5,14H,6-7H2,1-2H3. The molecule has 2 aromatic rings. The molecule has 0 unspecified atom stereocenters. The molecule has 1 aromatic heterocycles. The Labute approximate surface area is 88.1 Å². The highest BCUT2D eigenvalue weighted by Crippen LogP contribution is 2.17. The molecule has 2 rings (SSSR count). The summed E-state index contributed by atoms with van der Waals surface area (Å²) >= 11 is 0. The molecule has 0 saturated carbocycles. The number of aromatic nitrogens is 1. The lowest BCUT2D eigenvalue weighted by Crippen LogP contribution is -2.10. The third-order valence-electron chi connectivity index (χ3n) is 2.13. The van der Waals surface area contributed by atoms with Gasteiger partial charge in [-0.3, -0.25) is 0 Å². The molecular weight excluding hydrogens is 192 g/mol. The minimum atomic E-state index is -0.155. The quantitative estimate of drug-likeness (QED) is 0.824. The molecule has 0 saturated heterocycles. The van der Waals surface area contributed by atoms with Gasteiger partial charge in [0.1, 0.15) is 12.1 Å². The van der Waals surface area contributed by atoms with E-state index in [9.17, 15) is 0 Å². The van der Waals surface area contributed by atoms with Crippen molar-refractivity contribution in [2.45, 2.75) is 13.2 Å². The molecule has 15 heavy (non-hydrogen) atoms. The van der Waals surface area contributed by atoms with Crippen LogP contribution in [0, 0.1) is 0 Å². The van der Waals surface area contributed by atoms with E-state index >= 15 is 0 Å². The Balaban J connectivity index is 2.37. The predicted octanol–water partition coefficient (Wildman–Crippen LogP) is 1.38. The van der Waals surface area contributed by atoms with Crippen molar-refractivity contribution in [1.29, 1.82) is 0 Å². The maximum absolute atomic E-state index is 8.89. The van der Waals surface area contributed by atoms with Gasteiger partial charge in [-0.1, -0.05) is 6.07 Å². The van der Waals surface area contributed by atoms with Crippen LogP contribution in [0.15, 0.2) is 22.6 Å². The van der Waals surface area contributed by atoms with Crippen molar-refractivity contribution in [3.8, 4) is 0 Å². The molecule has 0 fully saturated rings. The average Bonchev–Trinajstić information content (AvgIpc) is 2.58. The maximum Gasteiger partial charge on any atom is 0.221 e. The van der Waals surface area contributed by atoms with Crippen LogP contribution in [0.4, 0.5) is 0 Å². The molecule has 0 aliphatic rings. The Morgan fingerprint density at radius 1 is 1.40 bits per heavy atom. The van der Waals surface area contributed by atoms with Crippen molar-refractivity contribution in [1.82, 2.24) is 9.88 Å². The summed E-state index contributed by atoms with van der Waals surface area (Å²) in [6, 6.07) is 5.88. The summed E-state index contributed by atoms with van der Waals surface area (Å²) in [6.45, 7) is 0.717. The van der Waals surface area contributed by atoms with Gasteiger partial charge in [0.25, 0.3) is 0 Å². The Kier molecular flexibility index (Phi) is 2.70. The number of benzene rings is 1. The van der Waals surface area contributed by atoms with Crippen molar-refractivity contribution >= 4 is 11.1 Å². The van der Waals surface area contributed by atoms with E-state index in [-0.39, 0.29) is 6.61 Å². The molecule has 0 aliphatic carbocycles. The number of aliphatic hydroxyl groups excluding tert-OH is 1. The van der Waals surface area contributed by atoms with E-state index in [0.717, 1.165) is 17.6 Å². The normalized spacial score (nSPS) is 11.5. The number of hydrogen-bond donors (Lipinski definition) is 1. The second-order valence-electron chi connectivity index (χ2n) is 3.81. The molecular formula is C11H14N2O2. The first-order valence-electron chi connectivity index (χ1n) is 4.83. The molecule has 1 N–H and O–H groups in total. The van der Waals surface area contributed by atoms with Gasteiger partial charge >= 0.3 is 0 Å². The zero-order valence-corrected chi connectivity index (χ0v) is 8.90. The fourth-order valence-corrected chi connectivity index (χ4v) is 1.55. The van der Waals surface area contributed by atoms with Gasteiger partial charge in [-0.2, -0.15) is 0 Å². The number of hydrogen-bond acceptors (Lipinski definition) is 4. The Bertz CT molecular complexity index is 463. The minimum absolute atomic E-state index is 0.155. The lowest BCUT2D eigenvalue weighted by Gasteiger charge is -2.08. The molecule has 0 amide bonds. The minimum Gasteiger partial charge on any atom is -0.438 e. The monoisotopic (exact) mass is 206 g/mol. The van der Waals surface area contributed by atoms with Crippen molar-refractivity contribution in [2.24, 2.45) is 0 Å². The van der Waals surface area contributed by atoms with Crippen LogP contribution < -0.4 is 0 Å². The molecule has 0 spiro atoms. The van der Waals surface area contributed by atoms with Gasteiger partial charge in [0.2, 0.25) is 5.89 Å². The van der Waals surface area contributed by atoms with Gasteiger partial charge in [-0.15, -0.1) is 0 Å². The first-order chi connectivity index (χ1) is 7.19. The molecule has 0 bridgehead atoms. The first-order valence-corrected chi connectivity index (χ1v) is 4.83. The van der Waals surface area contributed by atoms with Crippen LogP contribution in [0.2, 0.25) is 0 Å². The van der Waals surface area contributed by atoms with Gasteiger partial charge in [0, 0.05) is 6.54 Å². The van der Waals surface area contributed by atoms with Crippen LogP contribution in [-0.2, 0) is 13.2 Å². The number of fused-ring (bicyclic) bond motifs is 1. The Morgan fingerprint density at radius 3 is 2.87 bits per heavy atom. The molecule has 1 aromatic carbocycles. The Morgan fingerprint density at radius 2 is 2.20 bits per heavy atom. The Hall–Kier alpha value is -1.39. The summed E-state index contributed by atoms with van der Waals surface area (Å²) in [5.74, 6) is 0.368. The van der Waals surface area contributed by atoms with Crippen LogP contribution in [0.1, 0.15) is 11.5 Å². The highest BCUT2D eigenvalue weighted by molar-refractivity contribution is 5.73. The largest absolute Gasteiger partial charge is 0.438 e. The molecule has 0 radical (unpaired) electrons. The van der Waals surface area contributed by atoms with E-state index in [4.69, 9.17) is 9.52 Å². The zero-order chi connectivity index (χ0) is 10.8. The van der Waals surface area contributed by atoms with E-state index in [1.807, 2.05) is 32.3 Å². The second-order valence-corrected chi connectivity index (χ2v) is 3.81. The molecule has 4 nitrogen and oxygen atoms in total. The summed E-state index contributed by atoms with van der Waals surface area (Å²) in [4.78, 5) is 6.26. The van der Waals surface area contributed by atoms with Gasteiger partial charge in [0.05, 0.1) is 0 Å². The van der Waals surface area contributed by atoms with Gasteiger partial charge in [-0.05, 0) is 31.8 Å². The van der Waals surface area contributed by atoms with E-state index in [2.05, 4.69) is 9.88 Å².